The van der Waals surface area contributed by atoms with Crippen LogP contribution in [-0.4, -0.2) is 88.1 Å². The Morgan fingerprint density at radius 2 is 1.50 bits per heavy atom. The summed E-state index contributed by atoms with van der Waals surface area (Å²) in [7, 11) is 0. The van der Waals surface area contributed by atoms with Gasteiger partial charge in [-0.25, -0.2) is 0 Å². The summed E-state index contributed by atoms with van der Waals surface area (Å²) < 4.78 is 15.5. The highest BCUT2D eigenvalue weighted by molar-refractivity contribution is 5.69. The summed E-state index contributed by atoms with van der Waals surface area (Å²) in [6, 6.07) is 0. The van der Waals surface area contributed by atoms with Gasteiger partial charge < -0.3 is 39.7 Å². The van der Waals surface area contributed by atoms with E-state index in [9.17, 15) is 25.2 Å². The predicted molar refractivity (Wildman–Crippen MR) is 136 cm³/mol. The van der Waals surface area contributed by atoms with Crippen LogP contribution in [0, 0.1) is 0 Å². The molecular formula is C27H48O9. The lowest BCUT2D eigenvalue weighted by molar-refractivity contribution is -0.305. The molecule has 0 unspecified atom stereocenters. The van der Waals surface area contributed by atoms with E-state index < -0.39 is 49.4 Å². The van der Waals surface area contributed by atoms with Crippen molar-refractivity contribution in [3.05, 3.63) is 24.3 Å². The van der Waals surface area contributed by atoms with Gasteiger partial charge in [-0.1, -0.05) is 63.3 Å². The zero-order valence-electron chi connectivity index (χ0n) is 21.7. The minimum atomic E-state index is -1.56. The van der Waals surface area contributed by atoms with Crippen LogP contribution in [0.1, 0.15) is 84.0 Å². The largest absolute Gasteiger partial charge is 0.463 e. The van der Waals surface area contributed by atoms with E-state index in [0.29, 0.717) is 0 Å². The van der Waals surface area contributed by atoms with E-state index >= 15 is 0 Å². The van der Waals surface area contributed by atoms with Crippen molar-refractivity contribution in [2.24, 2.45) is 0 Å². The second-order valence-electron chi connectivity index (χ2n) is 9.35. The van der Waals surface area contributed by atoms with Gasteiger partial charge in [0.05, 0.1) is 13.2 Å². The van der Waals surface area contributed by atoms with Crippen LogP contribution in [0.15, 0.2) is 24.3 Å². The van der Waals surface area contributed by atoms with Crippen molar-refractivity contribution in [2.45, 2.75) is 121 Å². The van der Waals surface area contributed by atoms with Gasteiger partial charge in [-0.2, -0.15) is 0 Å². The molecule has 0 radical (unpaired) electrons. The third-order valence-electron chi connectivity index (χ3n) is 6.07. The van der Waals surface area contributed by atoms with Crippen molar-refractivity contribution in [3.63, 3.8) is 0 Å². The Balaban J connectivity index is 2.00. The fourth-order valence-electron chi connectivity index (χ4n) is 3.80. The Morgan fingerprint density at radius 3 is 2.17 bits per heavy atom. The van der Waals surface area contributed by atoms with Crippen LogP contribution in [0.4, 0.5) is 0 Å². The molecule has 9 heteroatoms. The summed E-state index contributed by atoms with van der Waals surface area (Å²) in [5.41, 5.74) is 0. The van der Waals surface area contributed by atoms with Gasteiger partial charge in [-0.15, -0.1) is 0 Å². The maximum Gasteiger partial charge on any atom is 0.305 e. The Kier molecular flexibility index (Phi) is 18.8. The van der Waals surface area contributed by atoms with Gasteiger partial charge in [0.15, 0.2) is 6.29 Å². The summed E-state index contributed by atoms with van der Waals surface area (Å²) in [5, 5.41) is 48.5. The standard InChI is InChI=1S/C27H48O9/c1-2-3-4-5-6-7-8-9-10-11-12-13-14-15-16-17-23(30)34-19-21(29)20-35-27-26(33)25(32)24(31)22(18-28)36-27/h6-7,9-10,21-22,24-29,31-33H,2-5,8,11-20H2,1H3/b7-6-,10-9-/t21-,22+,24-,25-,26-,27+/m1/s1. The number of hydrogen-bond donors (Lipinski definition) is 5. The molecule has 1 fully saturated rings. The second-order valence-corrected chi connectivity index (χ2v) is 9.35. The van der Waals surface area contributed by atoms with Crippen molar-refractivity contribution < 1.29 is 44.5 Å². The molecule has 9 nitrogen and oxygen atoms in total. The molecule has 0 aromatic carbocycles. The van der Waals surface area contributed by atoms with Crippen LogP contribution in [0.2, 0.25) is 0 Å². The first kappa shape index (κ1) is 32.7. The number of ether oxygens (including phenoxy) is 3. The Morgan fingerprint density at radius 1 is 0.861 bits per heavy atom. The van der Waals surface area contributed by atoms with E-state index in [0.717, 1.165) is 44.9 Å². The van der Waals surface area contributed by atoms with Crippen LogP contribution in [0.5, 0.6) is 0 Å². The summed E-state index contributed by atoms with van der Waals surface area (Å²) >= 11 is 0. The van der Waals surface area contributed by atoms with Gasteiger partial charge in [-0.3, -0.25) is 4.79 Å². The number of rotatable bonds is 20. The van der Waals surface area contributed by atoms with E-state index in [2.05, 4.69) is 31.2 Å². The molecule has 0 amide bonds. The number of esters is 1. The molecule has 1 saturated heterocycles. The number of hydrogen-bond acceptors (Lipinski definition) is 9. The van der Waals surface area contributed by atoms with E-state index in [1.54, 1.807) is 0 Å². The van der Waals surface area contributed by atoms with Crippen molar-refractivity contribution >= 4 is 5.97 Å². The molecular weight excluding hydrogens is 468 g/mol. The number of allylic oxidation sites excluding steroid dienone is 4. The summed E-state index contributed by atoms with van der Waals surface area (Å²) in [4.78, 5) is 11.9. The lowest BCUT2D eigenvalue weighted by atomic mass is 9.99. The number of carbonyl (C=O) groups is 1. The molecule has 0 aromatic rings. The highest BCUT2D eigenvalue weighted by Crippen LogP contribution is 2.22. The van der Waals surface area contributed by atoms with E-state index in [1.807, 2.05) is 0 Å². The van der Waals surface area contributed by atoms with Crippen molar-refractivity contribution in [3.8, 4) is 0 Å². The van der Waals surface area contributed by atoms with Gasteiger partial charge in [0.2, 0.25) is 0 Å². The number of unbranched alkanes of at least 4 members (excludes halogenated alkanes) is 8. The van der Waals surface area contributed by atoms with Crippen molar-refractivity contribution in [2.75, 3.05) is 19.8 Å². The molecule has 0 bridgehead atoms. The molecule has 1 heterocycles. The number of aliphatic hydroxyl groups is 5. The molecule has 210 valence electrons. The maximum atomic E-state index is 11.9. The average molecular weight is 517 g/mol. The second kappa shape index (κ2) is 20.7. The van der Waals surface area contributed by atoms with Gasteiger partial charge in [0, 0.05) is 6.42 Å². The fraction of sp³-hybridized carbons (Fsp3) is 0.815. The molecule has 1 aliphatic rings. The predicted octanol–water partition coefficient (Wildman–Crippen LogP) is 2.52. The quantitative estimate of drug-likeness (QED) is 0.0936. The highest BCUT2D eigenvalue weighted by atomic mass is 16.7. The number of aliphatic hydroxyl groups excluding tert-OH is 5. The number of carbonyl (C=O) groups excluding carboxylic acids is 1. The minimum absolute atomic E-state index is 0.267. The minimum Gasteiger partial charge on any atom is -0.463 e. The highest BCUT2D eigenvalue weighted by Gasteiger charge is 2.44. The van der Waals surface area contributed by atoms with E-state index in [4.69, 9.17) is 19.3 Å². The van der Waals surface area contributed by atoms with Crippen LogP contribution in [0.3, 0.4) is 0 Å². The summed E-state index contributed by atoms with van der Waals surface area (Å²) in [6.45, 7) is 1.06. The normalized spacial score (nSPS) is 25.6. The SMILES string of the molecule is CCCCC/C=C\C/C=C\CCCCCCCC(=O)OC[C@@H](O)CO[C@H]1O[C@@H](CO)[C@@H](O)[C@@H](O)[C@H]1O. The average Bonchev–Trinajstić information content (AvgIpc) is 2.88. The summed E-state index contributed by atoms with van der Waals surface area (Å²) in [6.07, 6.45) is 13.2. The van der Waals surface area contributed by atoms with Gasteiger partial charge in [0.25, 0.3) is 0 Å². The first-order chi connectivity index (χ1) is 17.4. The third-order valence-corrected chi connectivity index (χ3v) is 6.07. The zero-order valence-corrected chi connectivity index (χ0v) is 21.7. The zero-order chi connectivity index (χ0) is 26.6. The molecule has 0 spiro atoms. The van der Waals surface area contributed by atoms with E-state index in [1.165, 1.54) is 25.7 Å². The van der Waals surface area contributed by atoms with Crippen LogP contribution in [-0.2, 0) is 19.0 Å². The van der Waals surface area contributed by atoms with Crippen LogP contribution in [0.25, 0.3) is 0 Å². The third kappa shape index (κ3) is 14.4. The van der Waals surface area contributed by atoms with Crippen molar-refractivity contribution in [1.82, 2.24) is 0 Å². The first-order valence-corrected chi connectivity index (χ1v) is 13.5. The lowest BCUT2D eigenvalue weighted by Gasteiger charge is -2.39. The molecule has 0 aromatic heterocycles. The lowest BCUT2D eigenvalue weighted by Crippen LogP contribution is -2.59. The smallest absolute Gasteiger partial charge is 0.305 e. The molecule has 6 atom stereocenters. The molecule has 36 heavy (non-hydrogen) atoms. The van der Waals surface area contributed by atoms with Crippen LogP contribution >= 0.6 is 0 Å². The Hall–Kier alpha value is -1.33. The Labute approximate surface area is 215 Å². The molecule has 0 aliphatic carbocycles. The topological polar surface area (TPSA) is 146 Å². The summed E-state index contributed by atoms with van der Waals surface area (Å²) in [5.74, 6) is -0.396. The van der Waals surface area contributed by atoms with Crippen molar-refractivity contribution in [1.29, 1.82) is 0 Å². The maximum absolute atomic E-state index is 11.9. The van der Waals surface area contributed by atoms with Gasteiger partial charge >= 0.3 is 5.97 Å². The monoisotopic (exact) mass is 516 g/mol. The Bertz CT molecular complexity index is 608. The molecule has 5 N–H and O–H groups in total. The molecule has 1 rings (SSSR count). The first-order valence-electron chi connectivity index (χ1n) is 13.5. The molecule has 0 saturated carbocycles. The molecule has 1 aliphatic heterocycles. The van der Waals surface area contributed by atoms with Gasteiger partial charge in [-0.05, 0) is 38.5 Å². The van der Waals surface area contributed by atoms with Crippen LogP contribution < -0.4 is 0 Å². The van der Waals surface area contributed by atoms with Gasteiger partial charge in [0.1, 0.15) is 37.1 Å². The fourth-order valence-corrected chi connectivity index (χ4v) is 3.80. The van der Waals surface area contributed by atoms with E-state index in [-0.39, 0.29) is 19.6 Å².